The quantitative estimate of drug-likeness (QED) is 0.627. The molecule has 0 bridgehead atoms. The van der Waals surface area contributed by atoms with Crippen LogP contribution in [-0.4, -0.2) is 5.48 Å². The van der Waals surface area contributed by atoms with Crippen molar-refractivity contribution in [3.63, 3.8) is 0 Å². The van der Waals surface area contributed by atoms with Crippen LogP contribution in [0.25, 0.3) is 0 Å². The summed E-state index contributed by atoms with van der Waals surface area (Å²) in [5.41, 5.74) is 1.18. The first kappa shape index (κ1) is 12.1. The summed E-state index contributed by atoms with van der Waals surface area (Å²) in [5.74, 6) is 0.612. The fourth-order valence-electron chi connectivity index (χ4n) is 0.567. The fourth-order valence-corrected chi connectivity index (χ4v) is 0.745. The molecule has 1 rings (SSSR count). The third-order valence-corrected chi connectivity index (χ3v) is 1.31. The molecule has 58 valence electrons. The summed E-state index contributed by atoms with van der Waals surface area (Å²) < 4.78 is 0. The van der Waals surface area contributed by atoms with Gasteiger partial charge in [0.2, 0.25) is 0 Å². The molecule has 0 saturated carbocycles. The zero-order valence-electron chi connectivity index (χ0n) is 5.68. The minimum absolute atomic E-state index is 0. The Hall–Kier alpha value is -0.570. The summed E-state index contributed by atoms with van der Waals surface area (Å²) in [5, 5.41) is 0. The largest absolute Gasteiger partial charge is 0.412 e. The van der Waals surface area contributed by atoms with Crippen molar-refractivity contribution < 1.29 is 5.48 Å². The van der Waals surface area contributed by atoms with E-state index in [1.54, 1.807) is 0 Å². The molecule has 0 atom stereocenters. The van der Waals surface area contributed by atoms with Crippen LogP contribution >= 0.6 is 11.6 Å². The molecule has 0 amide bonds. The number of hydrogen-bond acceptors (Lipinski definition) is 1. The van der Waals surface area contributed by atoms with Crippen molar-refractivity contribution in [1.82, 2.24) is 6.15 Å². The lowest BCUT2D eigenvalue weighted by Gasteiger charge is -1.88. The molecule has 0 aliphatic rings. The third-order valence-electron chi connectivity index (χ3n) is 0.997. The third kappa shape index (κ3) is 3.45. The van der Waals surface area contributed by atoms with Crippen molar-refractivity contribution in [3.8, 4) is 0 Å². The Morgan fingerprint density at radius 1 is 1.10 bits per heavy atom. The molecular formula is C7H12ClNO. The highest BCUT2D eigenvalue weighted by Crippen LogP contribution is 2.00. The van der Waals surface area contributed by atoms with Crippen molar-refractivity contribution in [2.75, 3.05) is 0 Å². The number of hydrogen-bond donors (Lipinski definition) is 1. The first-order chi connectivity index (χ1) is 3.93. The Morgan fingerprint density at radius 2 is 1.60 bits per heavy atom. The average molecular weight is 162 g/mol. The van der Waals surface area contributed by atoms with Crippen LogP contribution in [0.4, 0.5) is 0 Å². The van der Waals surface area contributed by atoms with Gasteiger partial charge in [0.05, 0.1) is 0 Å². The maximum atomic E-state index is 5.53. The second-order valence-electron chi connectivity index (χ2n) is 1.62. The SMILES string of the molecule is ClCc1ccccc1.N.O. The van der Waals surface area contributed by atoms with Crippen molar-refractivity contribution in [3.05, 3.63) is 35.9 Å². The molecule has 1 aromatic carbocycles. The lowest BCUT2D eigenvalue weighted by Crippen LogP contribution is -1.71. The maximum absolute atomic E-state index is 5.53. The van der Waals surface area contributed by atoms with Gasteiger partial charge in [-0.2, -0.15) is 0 Å². The lowest BCUT2D eigenvalue weighted by atomic mass is 10.2. The molecule has 0 saturated heterocycles. The predicted molar refractivity (Wildman–Crippen MR) is 44.6 cm³/mol. The summed E-state index contributed by atoms with van der Waals surface area (Å²) in [6, 6.07) is 9.96. The van der Waals surface area contributed by atoms with Gasteiger partial charge in [0.25, 0.3) is 0 Å². The first-order valence-electron chi connectivity index (χ1n) is 2.53. The van der Waals surface area contributed by atoms with Gasteiger partial charge in [0.15, 0.2) is 0 Å². The number of alkyl halides is 1. The van der Waals surface area contributed by atoms with E-state index in [1.165, 1.54) is 5.56 Å². The van der Waals surface area contributed by atoms with E-state index in [0.717, 1.165) is 0 Å². The molecular weight excluding hydrogens is 150 g/mol. The van der Waals surface area contributed by atoms with Crippen LogP contribution in [0.5, 0.6) is 0 Å². The molecule has 0 heterocycles. The molecule has 0 aromatic heterocycles. The number of halogens is 1. The molecule has 0 aliphatic heterocycles. The topological polar surface area (TPSA) is 66.5 Å². The molecule has 3 heteroatoms. The molecule has 0 unspecified atom stereocenters. The fraction of sp³-hybridized carbons (Fsp3) is 0.143. The molecule has 0 spiro atoms. The molecule has 0 aliphatic carbocycles. The van der Waals surface area contributed by atoms with Gasteiger partial charge in [0.1, 0.15) is 0 Å². The summed E-state index contributed by atoms with van der Waals surface area (Å²) in [7, 11) is 0. The highest BCUT2D eigenvalue weighted by molar-refractivity contribution is 6.17. The second-order valence-corrected chi connectivity index (χ2v) is 1.89. The van der Waals surface area contributed by atoms with Gasteiger partial charge < -0.3 is 11.6 Å². The molecule has 2 nitrogen and oxygen atoms in total. The summed E-state index contributed by atoms with van der Waals surface area (Å²) in [6.07, 6.45) is 0. The van der Waals surface area contributed by atoms with Crippen molar-refractivity contribution in [1.29, 1.82) is 0 Å². The van der Waals surface area contributed by atoms with Gasteiger partial charge in [-0.05, 0) is 5.56 Å². The summed E-state index contributed by atoms with van der Waals surface area (Å²) in [6.45, 7) is 0. The monoisotopic (exact) mass is 161 g/mol. The smallest absolute Gasteiger partial charge is 0.0474 e. The highest BCUT2D eigenvalue weighted by Gasteiger charge is 1.81. The zero-order valence-corrected chi connectivity index (χ0v) is 6.43. The molecule has 1 aromatic rings. The summed E-state index contributed by atoms with van der Waals surface area (Å²) >= 11 is 5.53. The van der Waals surface area contributed by atoms with Crippen LogP contribution in [0.2, 0.25) is 0 Å². The van der Waals surface area contributed by atoms with E-state index in [9.17, 15) is 0 Å². The Balaban J connectivity index is 0. The highest BCUT2D eigenvalue weighted by atomic mass is 35.5. The van der Waals surface area contributed by atoms with E-state index in [1.807, 2.05) is 30.3 Å². The first-order valence-corrected chi connectivity index (χ1v) is 3.07. The Morgan fingerprint density at radius 3 is 1.90 bits per heavy atom. The van der Waals surface area contributed by atoms with Gasteiger partial charge in [-0.25, -0.2) is 0 Å². The van der Waals surface area contributed by atoms with Gasteiger partial charge in [0, 0.05) is 5.88 Å². The lowest BCUT2D eigenvalue weighted by molar-refractivity contribution is 0.824. The average Bonchev–Trinajstić information content (AvgIpc) is 1.90. The number of rotatable bonds is 1. The molecule has 5 N–H and O–H groups in total. The zero-order chi connectivity index (χ0) is 5.82. The minimum Gasteiger partial charge on any atom is -0.412 e. The van der Waals surface area contributed by atoms with Crippen molar-refractivity contribution >= 4 is 11.6 Å². The van der Waals surface area contributed by atoms with Crippen LogP contribution in [0, 0.1) is 0 Å². The van der Waals surface area contributed by atoms with Crippen LogP contribution in [0.3, 0.4) is 0 Å². The standard InChI is InChI=1S/C7H7Cl.H3N.H2O/c8-6-7-4-2-1-3-5-7;;/h1-5H,6H2;1H3;1H2. The van der Waals surface area contributed by atoms with Crippen LogP contribution in [0.1, 0.15) is 5.56 Å². The Kier molecular flexibility index (Phi) is 7.95. The van der Waals surface area contributed by atoms with Crippen LogP contribution in [-0.2, 0) is 5.88 Å². The van der Waals surface area contributed by atoms with Crippen LogP contribution in [0.15, 0.2) is 30.3 Å². The van der Waals surface area contributed by atoms with E-state index in [0.29, 0.717) is 5.88 Å². The van der Waals surface area contributed by atoms with E-state index >= 15 is 0 Å². The second kappa shape index (κ2) is 6.55. The van der Waals surface area contributed by atoms with E-state index in [-0.39, 0.29) is 11.6 Å². The molecule has 0 fully saturated rings. The maximum Gasteiger partial charge on any atom is 0.0474 e. The van der Waals surface area contributed by atoms with Gasteiger partial charge in [-0.3, -0.25) is 0 Å². The van der Waals surface area contributed by atoms with Crippen molar-refractivity contribution in [2.45, 2.75) is 5.88 Å². The van der Waals surface area contributed by atoms with Crippen molar-refractivity contribution in [2.24, 2.45) is 0 Å². The van der Waals surface area contributed by atoms with Crippen LogP contribution < -0.4 is 6.15 Å². The van der Waals surface area contributed by atoms with E-state index in [2.05, 4.69) is 0 Å². The van der Waals surface area contributed by atoms with E-state index < -0.39 is 0 Å². The van der Waals surface area contributed by atoms with Gasteiger partial charge in [-0.15, -0.1) is 11.6 Å². The molecule has 10 heavy (non-hydrogen) atoms. The normalized spacial score (nSPS) is 7.30. The Labute approximate surface area is 65.7 Å². The summed E-state index contributed by atoms with van der Waals surface area (Å²) in [4.78, 5) is 0. The Bertz CT molecular complexity index is 155. The number of benzene rings is 1. The minimum atomic E-state index is 0. The van der Waals surface area contributed by atoms with E-state index in [4.69, 9.17) is 11.6 Å². The predicted octanol–water partition coefficient (Wildman–Crippen LogP) is 1.76. The van der Waals surface area contributed by atoms with Gasteiger partial charge in [-0.1, -0.05) is 30.3 Å². The van der Waals surface area contributed by atoms with Gasteiger partial charge >= 0.3 is 0 Å². The molecule has 0 radical (unpaired) electrons.